The van der Waals surface area contributed by atoms with Crippen molar-refractivity contribution >= 4 is 14.1 Å². The van der Waals surface area contributed by atoms with E-state index in [-0.39, 0.29) is 5.78 Å². The highest BCUT2D eigenvalue weighted by molar-refractivity contribution is 6.70. The van der Waals surface area contributed by atoms with Crippen molar-refractivity contribution in [3.05, 3.63) is 23.8 Å². The van der Waals surface area contributed by atoms with E-state index in [1.54, 1.807) is 19.2 Å². The van der Waals surface area contributed by atoms with Gasteiger partial charge in [-0.15, -0.1) is 0 Å². The van der Waals surface area contributed by atoms with E-state index in [1.807, 2.05) is 6.07 Å². The summed E-state index contributed by atoms with van der Waals surface area (Å²) in [6.07, 6.45) is 0. The molecule has 0 saturated heterocycles. The second kappa shape index (κ2) is 4.70. The lowest BCUT2D eigenvalue weighted by atomic mass is 10.1. The lowest BCUT2D eigenvalue weighted by Gasteiger charge is -2.20. The van der Waals surface area contributed by atoms with E-state index in [1.165, 1.54) is 6.92 Å². The molecular formula is C12H18O3Si. The third-order valence-electron chi connectivity index (χ3n) is 1.97. The van der Waals surface area contributed by atoms with E-state index in [2.05, 4.69) is 19.6 Å². The molecule has 4 heteroatoms. The van der Waals surface area contributed by atoms with Gasteiger partial charge >= 0.3 is 0 Å². The number of Topliss-reactive ketones (excluding diaryl/α,β-unsaturated/α-hetero) is 1. The second-order valence-corrected chi connectivity index (χ2v) is 9.06. The van der Waals surface area contributed by atoms with E-state index in [0.717, 1.165) is 5.75 Å². The smallest absolute Gasteiger partial charge is 0.242 e. The quantitative estimate of drug-likeness (QED) is 0.597. The van der Waals surface area contributed by atoms with Gasteiger partial charge in [0.25, 0.3) is 0 Å². The van der Waals surface area contributed by atoms with Crippen LogP contribution in [0.2, 0.25) is 19.6 Å². The average molecular weight is 238 g/mol. The fraction of sp³-hybridized carbons (Fsp3) is 0.417. The molecular weight excluding hydrogens is 220 g/mol. The molecule has 0 bridgehead atoms. The molecule has 3 nitrogen and oxygen atoms in total. The highest BCUT2D eigenvalue weighted by Gasteiger charge is 2.17. The van der Waals surface area contributed by atoms with Gasteiger partial charge in [0.2, 0.25) is 8.32 Å². The number of hydrogen-bond donors (Lipinski definition) is 0. The molecule has 0 aliphatic carbocycles. The molecule has 88 valence electrons. The van der Waals surface area contributed by atoms with Gasteiger partial charge in [-0.05, 0) is 44.8 Å². The molecule has 0 aromatic heterocycles. The first kappa shape index (κ1) is 12.8. The Hall–Kier alpha value is -1.29. The predicted octanol–water partition coefficient (Wildman–Crippen LogP) is 3.11. The van der Waals surface area contributed by atoms with Gasteiger partial charge in [-0.3, -0.25) is 4.79 Å². The molecule has 1 aromatic rings. The zero-order chi connectivity index (χ0) is 12.3. The Bertz CT molecular complexity index is 394. The summed E-state index contributed by atoms with van der Waals surface area (Å²) in [7, 11) is -0.0791. The van der Waals surface area contributed by atoms with Crippen LogP contribution in [0, 0.1) is 0 Å². The molecule has 16 heavy (non-hydrogen) atoms. The molecule has 0 unspecified atom stereocenters. The van der Waals surface area contributed by atoms with Crippen molar-refractivity contribution in [2.75, 3.05) is 7.11 Å². The van der Waals surface area contributed by atoms with Crippen LogP contribution >= 0.6 is 0 Å². The maximum atomic E-state index is 11.4. The predicted molar refractivity (Wildman–Crippen MR) is 67.0 cm³/mol. The summed E-state index contributed by atoms with van der Waals surface area (Å²) in [4.78, 5) is 11.4. The van der Waals surface area contributed by atoms with Gasteiger partial charge in [-0.1, -0.05) is 0 Å². The molecule has 0 heterocycles. The van der Waals surface area contributed by atoms with E-state index in [4.69, 9.17) is 9.16 Å². The van der Waals surface area contributed by atoms with Gasteiger partial charge in [-0.25, -0.2) is 0 Å². The average Bonchev–Trinajstić information content (AvgIpc) is 2.15. The monoisotopic (exact) mass is 238 g/mol. The van der Waals surface area contributed by atoms with Gasteiger partial charge in [-0.2, -0.15) is 0 Å². The van der Waals surface area contributed by atoms with E-state index >= 15 is 0 Å². The number of rotatable bonds is 4. The molecule has 0 N–H and O–H groups in total. The zero-order valence-corrected chi connectivity index (χ0v) is 11.5. The Balaban J connectivity index is 3.07. The normalized spacial score (nSPS) is 11.1. The summed E-state index contributed by atoms with van der Waals surface area (Å²) in [5, 5.41) is 0. The Morgan fingerprint density at radius 1 is 1.25 bits per heavy atom. The van der Waals surface area contributed by atoms with Crippen LogP contribution in [-0.2, 0) is 0 Å². The van der Waals surface area contributed by atoms with E-state index in [9.17, 15) is 4.79 Å². The fourth-order valence-corrected chi connectivity index (χ4v) is 2.21. The number of hydrogen-bond acceptors (Lipinski definition) is 3. The second-order valence-electron chi connectivity index (χ2n) is 4.63. The van der Waals surface area contributed by atoms with Crippen molar-refractivity contribution in [3.63, 3.8) is 0 Å². The number of benzene rings is 1. The molecule has 0 aliphatic heterocycles. The Kier molecular flexibility index (Phi) is 3.75. The van der Waals surface area contributed by atoms with Gasteiger partial charge in [0.1, 0.15) is 11.5 Å². The summed E-state index contributed by atoms with van der Waals surface area (Å²) in [6.45, 7) is 7.83. The first-order valence-corrected chi connectivity index (χ1v) is 8.62. The third-order valence-corrected chi connectivity index (χ3v) is 2.82. The highest BCUT2D eigenvalue weighted by atomic mass is 28.4. The van der Waals surface area contributed by atoms with Crippen molar-refractivity contribution in [2.24, 2.45) is 0 Å². The van der Waals surface area contributed by atoms with Gasteiger partial charge in [0, 0.05) is 0 Å². The maximum Gasteiger partial charge on any atom is 0.242 e. The third kappa shape index (κ3) is 3.38. The lowest BCUT2D eigenvalue weighted by Crippen LogP contribution is -2.29. The molecule has 0 atom stereocenters. The topological polar surface area (TPSA) is 35.5 Å². The van der Waals surface area contributed by atoms with Crippen molar-refractivity contribution in [2.45, 2.75) is 26.6 Å². The summed E-state index contributed by atoms with van der Waals surface area (Å²) in [5.74, 6) is 1.32. The minimum atomic E-state index is -1.64. The van der Waals surface area contributed by atoms with Gasteiger partial charge in [0.15, 0.2) is 5.78 Å². The van der Waals surface area contributed by atoms with Crippen molar-refractivity contribution in [1.82, 2.24) is 0 Å². The van der Waals surface area contributed by atoms with Crippen molar-refractivity contribution in [1.29, 1.82) is 0 Å². The Morgan fingerprint density at radius 3 is 2.31 bits per heavy atom. The van der Waals surface area contributed by atoms with Crippen LogP contribution in [0.25, 0.3) is 0 Å². The summed E-state index contributed by atoms with van der Waals surface area (Å²) >= 11 is 0. The molecule has 0 amide bonds. The number of ketones is 1. The van der Waals surface area contributed by atoms with Crippen LogP contribution in [0.3, 0.4) is 0 Å². The first-order valence-electron chi connectivity index (χ1n) is 5.21. The van der Waals surface area contributed by atoms with Crippen molar-refractivity contribution < 1.29 is 14.0 Å². The molecule has 1 aromatic carbocycles. The van der Waals surface area contributed by atoms with E-state index < -0.39 is 8.32 Å². The summed E-state index contributed by atoms with van der Waals surface area (Å²) in [5.41, 5.74) is 0.568. The molecule has 0 saturated carbocycles. The van der Waals surface area contributed by atoms with Gasteiger partial charge in [0.05, 0.1) is 12.7 Å². The highest BCUT2D eigenvalue weighted by Crippen LogP contribution is 2.26. The van der Waals surface area contributed by atoms with Crippen LogP contribution < -0.4 is 9.16 Å². The van der Waals surface area contributed by atoms with Crippen LogP contribution in [-0.4, -0.2) is 21.2 Å². The van der Waals surface area contributed by atoms with Gasteiger partial charge < -0.3 is 9.16 Å². The fourth-order valence-electron chi connectivity index (χ4n) is 1.38. The van der Waals surface area contributed by atoms with Crippen molar-refractivity contribution in [3.8, 4) is 11.5 Å². The SMILES string of the molecule is COc1ccc(O[Si](C)(C)C)cc1C(C)=O. The lowest BCUT2D eigenvalue weighted by molar-refractivity contribution is 0.101. The standard InChI is InChI=1S/C12H18O3Si/c1-9(13)11-8-10(15-16(3,4)5)6-7-12(11)14-2/h6-8H,1-5H3. The molecule has 0 fully saturated rings. The Labute approximate surface area is 97.5 Å². The minimum Gasteiger partial charge on any atom is -0.544 e. The number of carbonyl (C=O) groups is 1. The zero-order valence-electron chi connectivity index (χ0n) is 10.5. The van der Waals surface area contributed by atoms with Crippen LogP contribution in [0.1, 0.15) is 17.3 Å². The summed E-state index contributed by atoms with van der Waals surface area (Å²) in [6, 6.07) is 5.36. The van der Waals surface area contributed by atoms with Crippen LogP contribution in [0.5, 0.6) is 11.5 Å². The van der Waals surface area contributed by atoms with Crippen LogP contribution in [0.15, 0.2) is 18.2 Å². The van der Waals surface area contributed by atoms with Crippen LogP contribution in [0.4, 0.5) is 0 Å². The summed E-state index contributed by atoms with van der Waals surface area (Å²) < 4.78 is 10.9. The molecule has 0 radical (unpaired) electrons. The largest absolute Gasteiger partial charge is 0.544 e. The number of methoxy groups -OCH3 is 1. The number of carbonyl (C=O) groups excluding carboxylic acids is 1. The Morgan fingerprint density at radius 2 is 1.88 bits per heavy atom. The number of ether oxygens (including phenoxy) is 1. The van der Waals surface area contributed by atoms with E-state index in [0.29, 0.717) is 11.3 Å². The minimum absolute atomic E-state index is 0.0159. The molecule has 0 spiro atoms. The molecule has 1 rings (SSSR count). The molecule has 0 aliphatic rings. The maximum absolute atomic E-state index is 11.4. The first-order chi connectivity index (χ1) is 7.33.